The van der Waals surface area contributed by atoms with E-state index in [0.717, 1.165) is 29.2 Å². The van der Waals surface area contributed by atoms with E-state index in [4.69, 9.17) is 4.74 Å². The van der Waals surface area contributed by atoms with Crippen molar-refractivity contribution in [1.82, 2.24) is 15.0 Å². The molecule has 0 saturated heterocycles. The monoisotopic (exact) mass is 251 g/mol. The van der Waals surface area contributed by atoms with Crippen LogP contribution in [0, 0.1) is 0 Å². The van der Waals surface area contributed by atoms with Gasteiger partial charge in [0.25, 0.3) is 0 Å². The van der Waals surface area contributed by atoms with Crippen molar-refractivity contribution in [2.45, 2.75) is 12.3 Å². The molecule has 4 heteroatoms. The molecule has 2 aromatic heterocycles. The van der Waals surface area contributed by atoms with E-state index in [1.165, 1.54) is 5.56 Å². The minimum absolute atomic E-state index is 0.268. The highest BCUT2D eigenvalue weighted by Gasteiger charge is 2.23. The molecule has 1 aliphatic heterocycles. The van der Waals surface area contributed by atoms with Crippen LogP contribution in [0.2, 0.25) is 0 Å². The average molecular weight is 251 g/mol. The fraction of sp³-hybridized carbons (Fsp3) is 0.200. The zero-order valence-corrected chi connectivity index (χ0v) is 10.3. The number of aromatic amines is 1. The Morgan fingerprint density at radius 3 is 3.05 bits per heavy atom. The van der Waals surface area contributed by atoms with E-state index in [2.05, 4.69) is 21.0 Å². The predicted molar refractivity (Wildman–Crippen MR) is 72.3 cm³/mol. The van der Waals surface area contributed by atoms with Gasteiger partial charge < -0.3 is 9.72 Å². The quantitative estimate of drug-likeness (QED) is 0.723. The van der Waals surface area contributed by atoms with E-state index in [0.29, 0.717) is 6.61 Å². The maximum absolute atomic E-state index is 5.81. The van der Waals surface area contributed by atoms with Gasteiger partial charge in [-0.2, -0.15) is 0 Å². The molecule has 3 heterocycles. The Labute approximate surface area is 110 Å². The Kier molecular flexibility index (Phi) is 2.27. The van der Waals surface area contributed by atoms with Crippen LogP contribution in [-0.4, -0.2) is 21.6 Å². The van der Waals surface area contributed by atoms with Crippen molar-refractivity contribution in [2.75, 3.05) is 6.61 Å². The van der Waals surface area contributed by atoms with Crippen molar-refractivity contribution >= 4 is 11.2 Å². The van der Waals surface area contributed by atoms with E-state index in [-0.39, 0.29) is 5.92 Å². The molecule has 4 rings (SSSR count). The highest BCUT2D eigenvalue weighted by Crippen LogP contribution is 2.31. The lowest BCUT2D eigenvalue weighted by molar-refractivity contribution is 0.258. The molecule has 94 valence electrons. The minimum Gasteiger partial charge on any atom is -0.493 e. The highest BCUT2D eigenvalue weighted by atomic mass is 16.5. The number of fused-ring (bicyclic) bond motifs is 2. The van der Waals surface area contributed by atoms with Gasteiger partial charge in [0.15, 0.2) is 5.65 Å². The van der Waals surface area contributed by atoms with Crippen LogP contribution < -0.4 is 4.74 Å². The van der Waals surface area contributed by atoms with Crippen LogP contribution in [0.3, 0.4) is 0 Å². The Hall–Kier alpha value is -2.36. The number of pyridine rings is 1. The third-order valence-corrected chi connectivity index (χ3v) is 3.54. The largest absolute Gasteiger partial charge is 0.493 e. The van der Waals surface area contributed by atoms with Crippen LogP contribution >= 0.6 is 0 Å². The van der Waals surface area contributed by atoms with Crippen LogP contribution in [0.1, 0.15) is 17.3 Å². The molecule has 3 aromatic rings. The maximum atomic E-state index is 5.81. The SMILES string of the molecule is c1ccc2c(c1)CC(c1nc3ncccc3[nH]1)CO2. The summed E-state index contributed by atoms with van der Waals surface area (Å²) in [6.45, 7) is 0.664. The van der Waals surface area contributed by atoms with E-state index >= 15 is 0 Å². The van der Waals surface area contributed by atoms with Crippen LogP contribution in [0.25, 0.3) is 11.2 Å². The molecule has 1 N–H and O–H groups in total. The van der Waals surface area contributed by atoms with E-state index < -0.39 is 0 Å². The predicted octanol–water partition coefficient (Wildman–Crippen LogP) is 2.68. The van der Waals surface area contributed by atoms with Crippen LogP contribution in [0.15, 0.2) is 42.6 Å². The van der Waals surface area contributed by atoms with Gasteiger partial charge in [-0.15, -0.1) is 0 Å². The Balaban J connectivity index is 1.70. The molecule has 0 spiro atoms. The van der Waals surface area contributed by atoms with E-state index in [1.807, 2.05) is 30.3 Å². The topological polar surface area (TPSA) is 50.8 Å². The molecule has 0 amide bonds. The molecule has 0 aliphatic carbocycles. The van der Waals surface area contributed by atoms with Crippen molar-refractivity contribution in [3.63, 3.8) is 0 Å². The number of para-hydroxylation sites is 1. The summed E-state index contributed by atoms with van der Waals surface area (Å²) in [6, 6.07) is 12.1. The third-order valence-electron chi connectivity index (χ3n) is 3.54. The fourth-order valence-electron chi connectivity index (χ4n) is 2.56. The molecule has 1 aromatic carbocycles. The number of hydrogen-bond donors (Lipinski definition) is 1. The van der Waals surface area contributed by atoms with Gasteiger partial charge in [-0.05, 0) is 30.2 Å². The second-order valence-electron chi connectivity index (χ2n) is 4.82. The molecule has 1 aliphatic rings. The molecule has 0 fully saturated rings. The second kappa shape index (κ2) is 4.09. The normalized spacial score (nSPS) is 18.0. The summed E-state index contributed by atoms with van der Waals surface area (Å²) >= 11 is 0. The van der Waals surface area contributed by atoms with Gasteiger partial charge in [0.1, 0.15) is 11.6 Å². The Bertz CT molecular complexity index is 702. The molecule has 1 atom stereocenters. The summed E-state index contributed by atoms with van der Waals surface area (Å²) < 4.78 is 5.81. The summed E-state index contributed by atoms with van der Waals surface area (Å²) in [6.07, 6.45) is 2.72. The molecule has 1 unspecified atom stereocenters. The van der Waals surface area contributed by atoms with Crippen LogP contribution in [0.4, 0.5) is 0 Å². The first-order valence-electron chi connectivity index (χ1n) is 6.41. The molecule has 0 radical (unpaired) electrons. The molecule has 4 nitrogen and oxygen atoms in total. The number of rotatable bonds is 1. The summed E-state index contributed by atoms with van der Waals surface area (Å²) in [4.78, 5) is 12.2. The number of benzene rings is 1. The van der Waals surface area contributed by atoms with Gasteiger partial charge in [0.2, 0.25) is 0 Å². The van der Waals surface area contributed by atoms with E-state index in [9.17, 15) is 0 Å². The first-order valence-corrected chi connectivity index (χ1v) is 6.41. The first-order chi connectivity index (χ1) is 9.40. The van der Waals surface area contributed by atoms with Crippen molar-refractivity contribution in [2.24, 2.45) is 0 Å². The van der Waals surface area contributed by atoms with Crippen molar-refractivity contribution < 1.29 is 4.74 Å². The lowest BCUT2D eigenvalue weighted by Crippen LogP contribution is -2.20. The number of ether oxygens (including phenoxy) is 1. The van der Waals surface area contributed by atoms with Crippen molar-refractivity contribution in [3.8, 4) is 5.75 Å². The minimum atomic E-state index is 0.268. The van der Waals surface area contributed by atoms with Gasteiger partial charge in [0, 0.05) is 6.20 Å². The van der Waals surface area contributed by atoms with Gasteiger partial charge in [-0.3, -0.25) is 0 Å². The average Bonchev–Trinajstić information content (AvgIpc) is 2.90. The first kappa shape index (κ1) is 10.6. The summed E-state index contributed by atoms with van der Waals surface area (Å²) in [5, 5.41) is 0. The number of nitrogens with zero attached hydrogens (tertiary/aromatic N) is 2. The summed E-state index contributed by atoms with van der Waals surface area (Å²) in [5.74, 6) is 2.22. The van der Waals surface area contributed by atoms with Crippen molar-refractivity contribution in [3.05, 3.63) is 54.0 Å². The Morgan fingerprint density at radius 2 is 2.11 bits per heavy atom. The number of aromatic nitrogens is 3. The smallest absolute Gasteiger partial charge is 0.177 e. The highest BCUT2D eigenvalue weighted by molar-refractivity contribution is 5.70. The zero-order chi connectivity index (χ0) is 12.7. The fourth-order valence-corrected chi connectivity index (χ4v) is 2.56. The third kappa shape index (κ3) is 1.76. The molecule has 0 saturated carbocycles. The Morgan fingerprint density at radius 1 is 1.16 bits per heavy atom. The zero-order valence-electron chi connectivity index (χ0n) is 10.3. The molecule has 19 heavy (non-hydrogen) atoms. The maximum Gasteiger partial charge on any atom is 0.177 e. The number of H-pyrrole nitrogens is 1. The number of nitrogens with one attached hydrogen (secondary N) is 1. The molecule has 0 bridgehead atoms. The molecular weight excluding hydrogens is 238 g/mol. The van der Waals surface area contributed by atoms with Crippen molar-refractivity contribution in [1.29, 1.82) is 0 Å². The molecular formula is C15H13N3O. The number of hydrogen-bond acceptors (Lipinski definition) is 3. The van der Waals surface area contributed by atoms with Crippen LogP contribution in [0.5, 0.6) is 5.75 Å². The second-order valence-corrected chi connectivity index (χ2v) is 4.82. The van der Waals surface area contributed by atoms with Gasteiger partial charge >= 0.3 is 0 Å². The summed E-state index contributed by atoms with van der Waals surface area (Å²) in [5.41, 5.74) is 3.00. The standard InChI is InChI=1S/C15H13N3O/c1-2-6-13-10(4-1)8-11(9-19-13)14-17-12-5-3-7-16-15(12)18-14/h1-7,11H,8-9H2,(H,16,17,18). The lowest BCUT2D eigenvalue weighted by Gasteiger charge is -2.23. The lowest BCUT2D eigenvalue weighted by atomic mass is 9.96. The van der Waals surface area contributed by atoms with Gasteiger partial charge in [-0.1, -0.05) is 18.2 Å². The van der Waals surface area contributed by atoms with E-state index in [1.54, 1.807) is 6.20 Å². The number of imidazole rings is 1. The van der Waals surface area contributed by atoms with Crippen LogP contribution in [-0.2, 0) is 6.42 Å². The van der Waals surface area contributed by atoms with Gasteiger partial charge in [-0.25, -0.2) is 9.97 Å². The van der Waals surface area contributed by atoms with Gasteiger partial charge in [0.05, 0.1) is 18.0 Å². The summed E-state index contributed by atoms with van der Waals surface area (Å²) in [7, 11) is 0.